The smallest absolute Gasteiger partial charge is 0.147 e. The lowest BCUT2D eigenvalue weighted by molar-refractivity contribution is 0.292. The maximum atomic E-state index is 4.69. The molecule has 0 aliphatic carbocycles. The Morgan fingerprint density at radius 1 is 1.09 bits per heavy atom. The van der Waals surface area contributed by atoms with E-state index in [0.717, 1.165) is 35.7 Å². The fraction of sp³-hybridized carbons (Fsp3) is 0.333. The summed E-state index contributed by atoms with van der Waals surface area (Å²) in [7, 11) is 2.22. The molecular formula is C18H19N5. The third kappa shape index (κ3) is 2.04. The summed E-state index contributed by atoms with van der Waals surface area (Å²) in [5.74, 6) is 1.01. The number of rotatable bonds is 2. The summed E-state index contributed by atoms with van der Waals surface area (Å²) in [6.07, 6.45) is 7.04. The molecule has 2 bridgehead atoms. The molecule has 0 saturated carbocycles. The first-order valence-corrected chi connectivity index (χ1v) is 8.14. The van der Waals surface area contributed by atoms with Crippen LogP contribution in [0.3, 0.4) is 0 Å². The number of aromatic nitrogens is 3. The molecule has 0 unspecified atom stereocenters. The van der Waals surface area contributed by atoms with Gasteiger partial charge in [0.25, 0.3) is 0 Å². The van der Waals surface area contributed by atoms with E-state index in [2.05, 4.69) is 56.1 Å². The Kier molecular flexibility index (Phi) is 2.73. The molecule has 2 fully saturated rings. The molecule has 5 nitrogen and oxygen atoms in total. The number of likely N-dealkylation sites (N-methyl/N-ethyl adjacent to an activating group) is 1. The van der Waals surface area contributed by atoms with Gasteiger partial charge in [0.05, 0.1) is 18.1 Å². The third-order valence-electron chi connectivity index (χ3n) is 5.30. The highest BCUT2D eigenvalue weighted by Crippen LogP contribution is 2.32. The molecular weight excluding hydrogens is 286 g/mol. The lowest BCUT2D eigenvalue weighted by Crippen LogP contribution is -2.44. The van der Waals surface area contributed by atoms with Crippen LogP contribution in [0, 0.1) is 0 Å². The van der Waals surface area contributed by atoms with Crippen molar-refractivity contribution in [2.24, 2.45) is 0 Å². The van der Waals surface area contributed by atoms with E-state index in [0.29, 0.717) is 12.1 Å². The number of nitrogens with one attached hydrogen (secondary N) is 1. The predicted molar refractivity (Wildman–Crippen MR) is 91.5 cm³/mol. The van der Waals surface area contributed by atoms with E-state index in [9.17, 15) is 0 Å². The first-order chi connectivity index (χ1) is 11.3. The number of benzene rings is 1. The molecule has 2 aliphatic heterocycles. The fourth-order valence-corrected chi connectivity index (χ4v) is 3.98. The molecule has 3 aromatic rings. The number of anilines is 1. The van der Waals surface area contributed by atoms with Gasteiger partial charge in [0.2, 0.25) is 0 Å². The van der Waals surface area contributed by atoms with Crippen molar-refractivity contribution in [1.29, 1.82) is 0 Å². The van der Waals surface area contributed by atoms with E-state index in [1.54, 1.807) is 0 Å². The van der Waals surface area contributed by atoms with Crippen molar-refractivity contribution in [2.75, 3.05) is 25.0 Å². The van der Waals surface area contributed by atoms with Crippen LogP contribution in [0.25, 0.3) is 22.2 Å². The summed E-state index contributed by atoms with van der Waals surface area (Å²) in [5, 5.41) is 1.20. The summed E-state index contributed by atoms with van der Waals surface area (Å²) in [6.45, 7) is 2.21. The lowest BCUT2D eigenvalue weighted by atomic mass is 10.1. The number of likely N-dealkylation sites (tertiary alicyclic amines) is 1. The number of hydrogen-bond donors (Lipinski definition) is 1. The second-order valence-electron chi connectivity index (χ2n) is 6.67. The Labute approximate surface area is 135 Å². The third-order valence-corrected chi connectivity index (χ3v) is 5.30. The molecule has 23 heavy (non-hydrogen) atoms. The van der Waals surface area contributed by atoms with Gasteiger partial charge in [-0.2, -0.15) is 0 Å². The van der Waals surface area contributed by atoms with Gasteiger partial charge in [-0.25, -0.2) is 4.98 Å². The molecule has 2 saturated heterocycles. The van der Waals surface area contributed by atoms with Gasteiger partial charge < -0.3 is 9.88 Å². The average Bonchev–Trinajstić information content (AvgIpc) is 3.29. The van der Waals surface area contributed by atoms with E-state index in [4.69, 9.17) is 0 Å². The molecule has 2 atom stereocenters. The lowest BCUT2D eigenvalue weighted by Gasteiger charge is -2.32. The highest BCUT2D eigenvalue weighted by atomic mass is 15.4. The first kappa shape index (κ1) is 13.1. The highest BCUT2D eigenvalue weighted by Gasteiger charge is 2.41. The minimum Gasteiger partial charge on any atom is -0.361 e. The number of nitrogens with zero attached hydrogens (tertiary/aromatic N) is 4. The Balaban J connectivity index is 1.43. The van der Waals surface area contributed by atoms with Crippen molar-refractivity contribution in [2.45, 2.75) is 18.5 Å². The van der Waals surface area contributed by atoms with Gasteiger partial charge in [0, 0.05) is 47.8 Å². The number of H-pyrrole nitrogens is 1. The van der Waals surface area contributed by atoms with Crippen LogP contribution in [0.1, 0.15) is 6.42 Å². The fourth-order valence-electron chi connectivity index (χ4n) is 3.98. The van der Waals surface area contributed by atoms with Crippen LogP contribution in [-0.4, -0.2) is 52.1 Å². The number of fused-ring (bicyclic) bond motifs is 3. The van der Waals surface area contributed by atoms with Crippen LogP contribution in [0.5, 0.6) is 0 Å². The zero-order valence-corrected chi connectivity index (χ0v) is 13.1. The standard InChI is InChI=1S/C18H19N5/c1-22-10-15-7-14(22)11-23(15)18-9-20-17(8-21-18)12-2-3-16-13(6-12)4-5-19-16/h2-6,8-9,14-15,19H,7,10-11H2,1H3/t14-,15-/m0/s1. The van der Waals surface area contributed by atoms with Crippen molar-refractivity contribution >= 4 is 16.7 Å². The van der Waals surface area contributed by atoms with Gasteiger partial charge in [-0.05, 0) is 31.7 Å². The Morgan fingerprint density at radius 2 is 2.04 bits per heavy atom. The van der Waals surface area contributed by atoms with Crippen molar-refractivity contribution in [3.63, 3.8) is 0 Å². The van der Waals surface area contributed by atoms with Gasteiger partial charge in [-0.15, -0.1) is 0 Å². The maximum absolute atomic E-state index is 4.69. The molecule has 2 aromatic heterocycles. The number of aromatic amines is 1. The van der Waals surface area contributed by atoms with Gasteiger partial charge in [-0.1, -0.05) is 6.07 Å². The summed E-state index contributed by atoms with van der Waals surface area (Å²) in [5.41, 5.74) is 3.19. The van der Waals surface area contributed by atoms with E-state index in [1.165, 1.54) is 11.8 Å². The second-order valence-corrected chi connectivity index (χ2v) is 6.67. The molecule has 1 aromatic carbocycles. The Morgan fingerprint density at radius 3 is 2.78 bits per heavy atom. The monoisotopic (exact) mass is 305 g/mol. The Hall–Kier alpha value is -2.40. The molecule has 5 heteroatoms. The van der Waals surface area contributed by atoms with E-state index in [-0.39, 0.29) is 0 Å². The van der Waals surface area contributed by atoms with Crippen molar-refractivity contribution in [3.8, 4) is 11.3 Å². The molecule has 116 valence electrons. The Bertz CT molecular complexity index is 851. The van der Waals surface area contributed by atoms with Crippen LogP contribution in [0.4, 0.5) is 5.82 Å². The maximum Gasteiger partial charge on any atom is 0.147 e. The quantitative estimate of drug-likeness (QED) is 0.790. The normalized spacial score (nSPS) is 24.0. The van der Waals surface area contributed by atoms with Crippen LogP contribution in [-0.2, 0) is 0 Å². The predicted octanol–water partition coefficient (Wildman–Crippen LogP) is 2.52. The highest BCUT2D eigenvalue weighted by molar-refractivity contribution is 5.84. The van der Waals surface area contributed by atoms with E-state index in [1.807, 2.05) is 18.6 Å². The van der Waals surface area contributed by atoms with Crippen LogP contribution >= 0.6 is 0 Å². The molecule has 2 aliphatic rings. The summed E-state index contributed by atoms with van der Waals surface area (Å²) >= 11 is 0. The van der Waals surface area contributed by atoms with Crippen LogP contribution < -0.4 is 4.90 Å². The molecule has 1 N–H and O–H groups in total. The van der Waals surface area contributed by atoms with Gasteiger partial charge >= 0.3 is 0 Å². The van der Waals surface area contributed by atoms with Crippen molar-refractivity contribution in [1.82, 2.24) is 19.9 Å². The SMILES string of the molecule is CN1C[C@@H]2C[C@H]1CN2c1cnc(-c2ccc3[nH]ccc3c2)cn1. The zero-order valence-electron chi connectivity index (χ0n) is 13.1. The summed E-state index contributed by atoms with van der Waals surface area (Å²) in [6, 6.07) is 9.70. The first-order valence-electron chi connectivity index (χ1n) is 8.14. The van der Waals surface area contributed by atoms with E-state index >= 15 is 0 Å². The average molecular weight is 305 g/mol. The molecule has 0 spiro atoms. The number of hydrogen-bond acceptors (Lipinski definition) is 4. The molecule has 0 amide bonds. The van der Waals surface area contributed by atoms with Gasteiger partial charge in [0.1, 0.15) is 5.82 Å². The largest absolute Gasteiger partial charge is 0.361 e. The van der Waals surface area contributed by atoms with Gasteiger partial charge in [-0.3, -0.25) is 9.88 Å². The van der Waals surface area contributed by atoms with E-state index < -0.39 is 0 Å². The van der Waals surface area contributed by atoms with Crippen molar-refractivity contribution < 1.29 is 0 Å². The minimum atomic E-state index is 0.598. The topological polar surface area (TPSA) is 48.0 Å². The summed E-state index contributed by atoms with van der Waals surface area (Å²) < 4.78 is 0. The van der Waals surface area contributed by atoms with Crippen molar-refractivity contribution in [3.05, 3.63) is 42.9 Å². The number of piperazine rings is 1. The van der Waals surface area contributed by atoms with Crippen LogP contribution in [0.15, 0.2) is 42.9 Å². The zero-order chi connectivity index (χ0) is 15.4. The molecule has 5 rings (SSSR count). The summed E-state index contributed by atoms with van der Waals surface area (Å²) in [4.78, 5) is 17.4. The minimum absolute atomic E-state index is 0.598. The van der Waals surface area contributed by atoms with Gasteiger partial charge in [0.15, 0.2) is 0 Å². The van der Waals surface area contributed by atoms with Crippen LogP contribution in [0.2, 0.25) is 0 Å². The molecule has 4 heterocycles. The molecule has 0 radical (unpaired) electrons. The second kappa shape index (κ2) is 4.80.